The van der Waals surface area contributed by atoms with Crippen LogP contribution in [-0.2, 0) is 32.5 Å². The Morgan fingerprint density at radius 3 is 2.28 bits per heavy atom. The standard InChI is InChI=1S/C26H27N3O6S/c1-2-16-35-26(32)23-14-11-21(18-27-23)25(31)29-36(33,34)22-12-8-20(9-13-22)17-28-24(30)15-10-19-6-4-3-5-7-19/h3-9,11-14,18H,2,10,15-17H2,1H3,(H,28,30)(H,29,31). The van der Waals surface area contributed by atoms with Crippen LogP contribution in [0.2, 0.25) is 0 Å². The third kappa shape index (κ3) is 7.74. The van der Waals surface area contributed by atoms with Crippen LogP contribution in [0.4, 0.5) is 0 Å². The molecular weight excluding hydrogens is 482 g/mol. The second kappa shape index (κ2) is 12.6. The first-order chi connectivity index (χ1) is 17.3. The van der Waals surface area contributed by atoms with E-state index in [0.717, 1.165) is 11.8 Å². The predicted octanol–water partition coefficient (Wildman–Crippen LogP) is 3.02. The quantitative estimate of drug-likeness (QED) is 0.380. The highest BCUT2D eigenvalue weighted by molar-refractivity contribution is 7.90. The summed E-state index contributed by atoms with van der Waals surface area (Å²) in [6.07, 6.45) is 2.74. The lowest BCUT2D eigenvalue weighted by atomic mass is 10.1. The molecule has 0 saturated heterocycles. The number of nitrogens with one attached hydrogen (secondary N) is 2. The molecule has 0 radical (unpaired) electrons. The summed E-state index contributed by atoms with van der Waals surface area (Å²) in [7, 11) is -4.14. The minimum Gasteiger partial charge on any atom is -0.461 e. The van der Waals surface area contributed by atoms with Crippen molar-refractivity contribution in [2.45, 2.75) is 37.6 Å². The van der Waals surface area contributed by atoms with E-state index >= 15 is 0 Å². The van der Waals surface area contributed by atoms with Gasteiger partial charge in [0.2, 0.25) is 5.91 Å². The lowest BCUT2D eigenvalue weighted by molar-refractivity contribution is -0.121. The largest absolute Gasteiger partial charge is 0.461 e. The second-order valence-electron chi connectivity index (χ2n) is 7.91. The van der Waals surface area contributed by atoms with E-state index in [1.165, 1.54) is 24.3 Å². The zero-order valence-corrected chi connectivity index (χ0v) is 20.6. The Morgan fingerprint density at radius 2 is 1.64 bits per heavy atom. The minimum atomic E-state index is -4.14. The zero-order valence-electron chi connectivity index (χ0n) is 19.8. The van der Waals surface area contributed by atoms with Gasteiger partial charge in [0.1, 0.15) is 5.69 Å². The van der Waals surface area contributed by atoms with Gasteiger partial charge in [-0.1, -0.05) is 49.4 Å². The van der Waals surface area contributed by atoms with Gasteiger partial charge in [0.15, 0.2) is 0 Å². The number of benzene rings is 2. The van der Waals surface area contributed by atoms with Gasteiger partial charge in [0.05, 0.1) is 17.1 Å². The molecule has 3 aromatic rings. The Kier molecular flexibility index (Phi) is 9.29. The number of esters is 1. The lowest BCUT2D eigenvalue weighted by Gasteiger charge is -2.09. The Bertz CT molecular complexity index is 1290. The molecular formula is C26H27N3O6S. The maximum Gasteiger partial charge on any atom is 0.356 e. The fraction of sp³-hybridized carbons (Fsp3) is 0.231. The van der Waals surface area contributed by atoms with E-state index in [-0.39, 0.29) is 35.2 Å². The zero-order chi connectivity index (χ0) is 26.0. The molecule has 3 rings (SSSR count). The van der Waals surface area contributed by atoms with Crippen LogP contribution in [0.25, 0.3) is 0 Å². The maximum atomic E-state index is 12.6. The molecule has 188 valence electrons. The van der Waals surface area contributed by atoms with Gasteiger partial charge in [-0.2, -0.15) is 0 Å². The third-order valence-electron chi connectivity index (χ3n) is 5.11. The van der Waals surface area contributed by atoms with Crippen LogP contribution in [0.1, 0.15) is 51.7 Å². The van der Waals surface area contributed by atoms with Crippen molar-refractivity contribution >= 4 is 27.8 Å². The molecule has 0 spiro atoms. The molecule has 0 aliphatic heterocycles. The molecule has 0 aliphatic rings. The van der Waals surface area contributed by atoms with Gasteiger partial charge in [-0.25, -0.2) is 22.9 Å². The Morgan fingerprint density at radius 1 is 0.917 bits per heavy atom. The molecule has 0 saturated carbocycles. The van der Waals surface area contributed by atoms with Gasteiger partial charge in [0.25, 0.3) is 15.9 Å². The van der Waals surface area contributed by atoms with Crippen molar-refractivity contribution in [2.75, 3.05) is 6.61 Å². The summed E-state index contributed by atoms with van der Waals surface area (Å²) in [4.78, 5) is 40.0. The number of carbonyl (C=O) groups is 3. The molecule has 0 unspecified atom stereocenters. The van der Waals surface area contributed by atoms with Crippen molar-refractivity contribution in [1.29, 1.82) is 0 Å². The average molecular weight is 510 g/mol. The smallest absolute Gasteiger partial charge is 0.356 e. The maximum absolute atomic E-state index is 12.6. The average Bonchev–Trinajstić information content (AvgIpc) is 2.90. The molecule has 10 heteroatoms. The molecule has 0 fully saturated rings. The van der Waals surface area contributed by atoms with E-state index in [1.807, 2.05) is 42.0 Å². The number of sulfonamides is 1. The summed E-state index contributed by atoms with van der Waals surface area (Å²) in [5.74, 6) is -1.62. The van der Waals surface area contributed by atoms with Crippen LogP contribution in [0, 0.1) is 0 Å². The van der Waals surface area contributed by atoms with Crippen LogP contribution in [-0.4, -0.2) is 37.8 Å². The van der Waals surface area contributed by atoms with Crippen molar-refractivity contribution < 1.29 is 27.5 Å². The van der Waals surface area contributed by atoms with Crippen molar-refractivity contribution in [3.05, 3.63) is 95.3 Å². The van der Waals surface area contributed by atoms with E-state index in [2.05, 4.69) is 10.3 Å². The van der Waals surface area contributed by atoms with Crippen LogP contribution >= 0.6 is 0 Å². The summed E-state index contributed by atoms with van der Waals surface area (Å²) in [5, 5.41) is 2.81. The van der Waals surface area contributed by atoms with E-state index in [4.69, 9.17) is 4.74 Å². The number of amides is 2. The molecule has 1 heterocycles. The van der Waals surface area contributed by atoms with Crippen LogP contribution in [0.3, 0.4) is 0 Å². The Balaban J connectivity index is 1.52. The highest BCUT2D eigenvalue weighted by atomic mass is 32.2. The Labute approximate surface area is 210 Å². The second-order valence-corrected chi connectivity index (χ2v) is 9.59. The van der Waals surface area contributed by atoms with E-state index < -0.39 is 21.9 Å². The lowest BCUT2D eigenvalue weighted by Crippen LogP contribution is -2.30. The van der Waals surface area contributed by atoms with Gasteiger partial charge in [0, 0.05) is 19.2 Å². The number of pyridine rings is 1. The number of hydrogen-bond acceptors (Lipinski definition) is 7. The number of carbonyl (C=O) groups excluding carboxylic acids is 3. The summed E-state index contributed by atoms with van der Waals surface area (Å²) >= 11 is 0. The fourth-order valence-corrected chi connectivity index (χ4v) is 4.11. The summed E-state index contributed by atoms with van der Waals surface area (Å²) < 4.78 is 32.2. The first kappa shape index (κ1) is 26.6. The Hall–Kier alpha value is -4.05. The number of rotatable bonds is 11. The van der Waals surface area contributed by atoms with Crippen molar-refractivity contribution in [2.24, 2.45) is 0 Å². The molecule has 2 N–H and O–H groups in total. The monoisotopic (exact) mass is 509 g/mol. The molecule has 1 aromatic heterocycles. The highest BCUT2D eigenvalue weighted by Gasteiger charge is 2.19. The molecule has 9 nitrogen and oxygen atoms in total. The number of aromatic nitrogens is 1. The first-order valence-corrected chi connectivity index (χ1v) is 12.9. The van der Waals surface area contributed by atoms with Crippen LogP contribution in [0.15, 0.2) is 77.8 Å². The van der Waals surface area contributed by atoms with Gasteiger partial charge in [-0.05, 0) is 48.2 Å². The number of aryl methyl sites for hydroxylation is 1. The molecule has 2 aromatic carbocycles. The summed E-state index contributed by atoms with van der Waals surface area (Å²) in [6.45, 7) is 2.35. The number of hydrogen-bond donors (Lipinski definition) is 2. The molecule has 0 atom stereocenters. The summed E-state index contributed by atoms with van der Waals surface area (Å²) in [6, 6.07) is 18.1. The predicted molar refractivity (Wildman–Crippen MR) is 133 cm³/mol. The highest BCUT2D eigenvalue weighted by Crippen LogP contribution is 2.12. The van der Waals surface area contributed by atoms with Crippen LogP contribution in [0.5, 0.6) is 0 Å². The normalized spacial score (nSPS) is 10.9. The molecule has 0 bridgehead atoms. The fourth-order valence-electron chi connectivity index (χ4n) is 3.14. The SMILES string of the molecule is CCCOC(=O)c1ccc(C(=O)NS(=O)(=O)c2ccc(CNC(=O)CCc3ccccc3)cc2)cn1. The summed E-state index contributed by atoms with van der Waals surface area (Å²) in [5.41, 5.74) is 1.78. The van der Waals surface area contributed by atoms with E-state index in [0.29, 0.717) is 24.8 Å². The first-order valence-electron chi connectivity index (χ1n) is 11.4. The molecule has 0 aliphatic carbocycles. The molecule has 36 heavy (non-hydrogen) atoms. The topological polar surface area (TPSA) is 132 Å². The van der Waals surface area contributed by atoms with E-state index in [1.54, 1.807) is 12.1 Å². The van der Waals surface area contributed by atoms with Crippen molar-refractivity contribution in [3.63, 3.8) is 0 Å². The van der Waals surface area contributed by atoms with E-state index in [9.17, 15) is 22.8 Å². The molecule has 2 amide bonds. The third-order valence-corrected chi connectivity index (χ3v) is 6.45. The number of nitrogens with zero attached hydrogens (tertiary/aromatic N) is 1. The van der Waals surface area contributed by atoms with Gasteiger partial charge < -0.3 is 10.1 Å². The van der Waals surface area contributed by atoms with Crippen molar-refractivity contribution in [3.8, 4) is 0 Å². The van der Waals surface area contributed by atoms with Crippen LogP contribution < -0.4 is 10.0 Å². The van der Waals surface area contributed by atoms with Crippen molar-refractivity contribution in [1.82, 2.24) is 15.0 Å². The number of ether oxygens (including phenoxy) is 1. The minimum absolute atomic E-state index is 0.0191. The van der Waals surface area contributed by atoms with Gasteiger partial charge in [-0.15, -0.1) is 0 Å². The van der Waals surface area contributed by atoms with Gasteiger partial charge >= 0.3 is 5.97 Å². The van der Waals surface area contributed by atoms with Gasteiger partial charge in [-0.3, -0.25) is 9.59 Å².